The first kappa shape index (κ1) is 14.0. The van der Waals surface area contributed by atoms with Gasteiger partial charge in [0.25, 0.3) is 0 Å². The summed E-state index contributed by atoms with van der Waals surface area (Å²) in [7, 11) is 1.86. The van der Waals surface area contributed by atoms with Gasteiger partial charge in [0.15, 0.2) is 0 Å². The van der Waals surface area contributed by atoms with Crippen LogP contribution in [0.15, 0.2) is 46.3 Å². The molecule has 0 aliphatic heterocycles. The normalized spacial score (nSPS) is 12.4. The van der Waals surface area contributed by atoms with Gasteiger partial charge in [-0.2, -0.15) is 0 Å². The average molecular weight is 280 g/mol. The highest BCUT2D eigenvalue weighted by Gasteiger charge is 2.08. The molecule has 0 saturated carbocycles. The molecule has 0 bridgehead atoms. The molecule has 0 saturated heterocycles. The van der Waals surface area contributed by atoms with Crippen LogP contribution in [-0.4, -0.2) is 12.0 Å². The first-order chi connectivity index (χ1) is 9.10. The Labute approximate surface area is 115 Å². The minimum Gasteiger partial charge on any atom is -0.312 e. The van der Waals surface area contributed by atoms with Crippen molar-refractivity contribution in [2.24, 2.45) is 0 Å². The summed E-state index contributed by atoms with van der Waals surface area (Å²) >= 11 is 1.16. The number of nitrogens with zero attached hydrogens (tertiary/aromatic N) is 1. The monoisotopic (exact) mass is 280 g/mol. The van der Waals surface area contributed by atoms with Crippen molar-refractivity contribution in [1.82, 2.24) is 10.3 Å². The second-order valence-corrected chi connectivity index (χ2v) is 5.22. The second kappa shape index (κ2) is 6.12. The smallest absolute Gasteiger partial charge is 0.137 e. The molecule has 0 aliphatic rings. The van der Waals surface area contributed by atoms with E-state index in [1.807, 2.05) is 26.1 Å². The molecule has 1 aromatic heterocycles. The van der Waals surface area contributed by atoms with Crippen LogP contribution < -0.4 is 5.32 Å². The lowest BCUT2D eigenvalue weighted by atomic mass is 10.2. The number of hydrogen-bond donors (Lipinski definition) is 1. The zero-order chi connectivity index (χ0) is 13.8. The molecule has 0 aliphatic carbocycles. The van der Waals surface area contributed by atoms with Crippen LogP contribution in [0.1, 0.15) is 18.7 Å². The second-order valence-electron chi connectivity index (χ2n) is 4.11. The fourth-order valence-electron chi connectivity index (χ4n) is 1.54. The van der Waals surface area contributed by atoms with Gasteiger partial charge in [-0.3, -0.25) is 4.98 Å². The molecule has 0 spiro atoms. The van der Waals surface area contributed by atoms with Gasteiger partial charge in [-0.25, -0.2) is 8.78 Å². The van der Waals surface area contributed by atoms with Crippen LogP contribution in [0.3, 0.4) is 0 Å². The molecule has 0 radical (unpaired) electrons. The summed E-state index contributed by atoms with van der Waals surface area (Å²) in [5, 5.41) is 3.09. The maximum absolute atomic E-state index is 13.5. The van der Waals surface area contributed by atoms with Gasteiger partial charge in [-0.1, -0.05) is 11.8 Å². The Bertz CT molecular complexity index is 558. The van der Waals surface area contributed by atoms with Gasteiger partial charge in [-0.05, 0) is 44.3 Å². The van der Waals surface area contributed by atoms with Gasteiger partial charge in [0, 0.05) is 17.1 Å². The van der Waals surface area contributed by atoms with Crippen molar-refractivity contribution in [3.8, 4) is 0 Å². The van der Waals surface area contributed by atoms with Gasteiger partial charge in [-0.15, -0.1) is 0 Å². The van der Waals surface area contributed by atoms with Crippen molar-refractivity contribution in [2.75, 3.05) is 7.05 Å². The Kier molecular flexibility index (Phi) is 4.50. The van der Waals surface area contributed by atoms with Crippen LogP contribution in [-0.2, 0) is 0 Å². The predicted molar refractivity (Wildman–Crippen MR) is 72.2 cm³/mol. The molecular weight excluding hydrogens is 266 g/mol. The molecule has 1 atom stereocenters. The molecule has 19 heavy (non-hydrogen) atoms. The topological polar surface area (TPSA) is 24.9 Å². The third-order valence-corrected chi connectivity index (χ3v) is 3.77. The van der Waals surface area contributed by atoms with Crippen LogP contribution in [0.5, 0.6) is 0 Å². The number of nitrogens with one attached hydrogen (secondary N) is 1. The first-order valence-electron chi connectivity index (χ1n) is 5.86. The number of rotatable bonds is 4. The van der Waals surface area contributed by atoms with Crippen molar-refractivity contribution in [2.45, 2.75) is 22.8 Å². The van der Waals surface area contributed by atoms with Crippen LogP contribution in [0.2, 0.25) is 0 Å². The van der Waals surface area contributed by atoms with Gasteiger partial charge < -0.3 is 5.32 Å². The summed E-state index contributed by atoms with van der Waals surface area (Å²) in [5.41, 5.74) is 0.909. The van der Waals surface area contributed by atoms with Crippen LogP contribution in [0, 0.1) is 11.6 Å². The largest absolute Gasteiger partial charge is 0.312 e. The molecule has 0 fully saturated rings. The highest BCUT2D eigenvalue weighted by Crippen LogP contribution is 2.30. The summed E-state index contributed by atoms with van der Waals surface area (Å²) < 4.78 is 26.6. The fraction of sp³-hybridized carbons (Fsp3) is 0.214. The highest BCUT2D eigenvalue weighted by atomic mass is 32.2. The van der Waals surface area contributed by atoms with E-state index in [9.17, 15) is 8.78 Å². The molecule has 1 N–H and O–H groups in total. The van der Waals surface area contributed by atoms with Crippen LogP contribution in [0.4, 0.5) is 8.78 Å². The lowest BCUT2D eigenvalue weighted by Gasteiger charge is -2.10. The van der Waals surface area contributed by atoms with Crippen molar-refractivity contribution in [3.05, 3.63) is 53.9 Å². The van der Waals surface area contributed by atoms with E-state index in [-0.39, 0.29) is 10.9 Å². The van der Waals surface area contributed by atoms with Crippen molar-refractivity contribution >= 4 is 11.8 Å². The van der Waals surface area contributed by atoms with E-state index in [4.69, 9.17) is 0 Å². The Hall–Kier alpha value is -1.46. The summed E-state index contributed by atoms with van der Waals surface area (Å²) in [6, 6.07) is 7.30. The highest BCUT2D eigenvalue weighted by molar-refractivity contribution is 7.99. The quantitative estimate of drug-likeness (QED) is 0.922. The third-order valence-electron chi connectivity index (χ3n) is 2.76. The fourth-order valence-corrected chi connectivity index (χ4v) is 2.37. The molecule has 2 rings (SSSR count). The molecule has 5 heteroatoms. The predicted octanol–water partition coefficient (Wildman–Crippen LogP) is 3.79. The van der Waals surface area contributed by atoms with Crippen LogP contribution in [0.25, 0.3) is 0 Å². The van der Waals surface area contributed by atoms with Crippen molar-refractivity contribution < 1.29 is 8.78 Å². The Balaban J connectivity index is 2.17. The van der Waals surface area contributed by atoms with Gasteiger partial charge >= 0.3 is 0 Å². The van der Waals surface area contributed by atoms with E-state index in [0.717, 1.165) is 34.5 Å². The van der Waals surface area contributed by atoms with Crippen LogP contribution >= 0.6 is 11.8 Å². The Morgan fingerprint density at radius 2 is 2.00 bits per heavy atom. The number of hydrogen-bond acceptors (Lipinski definition) is 3. The summed E-state index contributed by atoms with van der Waals surface area (Å²) in [5.74, 6) is -0.878. The summed E-state index contributed by atoms with van der Waals surface area (Å²) in [4.78, 5) is 5.33. The van der Waals surface area contributed by atoms with Gasteiger partial charge in [0.05, 0.1) is 10.6 Å². The maximum atomic E-state index is 13.5. The zero-order valence-corrected chi connectivity index (χ0v) is 11.5. The maximum Gasteiger partial charge on any atom is 0.137 e. The zero-order valence-electron chi connectivity index (χ0n) is 10.7. The van der Waals surface area contributed by atoms with E-state index < -0.39 is 11.6 Å². The van der Waals surface area contributed by atoms with E-state index in [2.05, 4.69) is 10.3 Å². The minimum absolute atomic E-state index is 0.157. The Morgan fingerprint density at radius 1 is 1.21 bits per heavy atom. The van der Waals surface area contributed by atoms with E-state index in [0.29, 0.717) is 0 Å². The molecule has 1 aromatic carbocycles. The lowest BCUT2D eigenvalue weighted by molar-refractivity contribution is 0.577. The molecule has 100 valence electrons. The van der Waals surface area contributed by atoms with Crippen molar-refractivity contribution in [3.63, 3.8) is 0 Å². The molecule has 2 nitrogen and oxygen atoms in total. The summed E-state index contributed by atoms with van der Waals surface area (Å²) in [6.07, 6.45) is 1.66. The standard InChI is InChI=1S/C14H14F2N2S/c1-9(17-2)13-6-4-11(8-18-13)19-14-7-10(15)3-5-12(14)16/h3-9,17H,1-2H3. The van der Waals surface area contributed by atoms with E-state index in [1.54, 1.807) is 6.20 Å². The van der Waals surface area contributed by atoms with E-state index in [1.165, 1.54) is 6.07 Å². The third kappa shape index (κ3) is 3.52. The summed E-state index contributed by atoms with van der Waals surface area (Å²) in [6.45, 7) is 2.00. The molecule has 1 unspecified atom stereocenters. The van der Waals surface area contributed by atoms with E-state index >= 15 is 0 Å². The van der Waals surface area contributed by atoms with Crippen molar-refractivity contribution in [1.29, 1.82) is 0 Å². The molecular formula is C14H14F2N2S. The number of benzene rings is 1. The molecule has 1 heterocycles. The average Bonchev–Trinajstić information content (AvgIpc) is 2.43. The molecule has 2 aromatic rings. The Morgan fingerprint density at radius 3 is 2.63 bits per heavy atom. The first-order valence-corrected chi connectivity index (χ1v) is 6.68. The lowest BCUT2D eigenvalue weighted by Crippen LogP contribution is -2.13. The SMILES string of the molecule is CNC(C)c1ccc(Sc2cc(F)ccc2F)cn1. The van der Waals surface area contributed by atoms with Gasteiger partial charge in [0.1, 0.15) is 11.6 Å². The number of halogens is 2. The number of aromatic nitrogens is 1. The molecule has 0 amide bonds. The van der Waals surface area contributed by atoms with Gasteiger partial charge in [0.2, 0.25) is 0 Å². The number of pyridine rings is 1. The minimum atomic E-state index is -0.447.